The van der Waals surface area contributed by atoms with Crippen LogP contribution in [0, 0.1) is 6.92 Å². The van der Waals surface area contributed by atoms with Crippen LogP contribution >= 0.6 is 23.4 Å². The first-order valence-corrected chi connectivity index (χ1v) is 12.4. The average molecular weight is 543 g/mol. The molecule has 3 aromatic carbocycles. The number of nitrogens with one attached hydrogen (secondary N) is 2. The van der Waals surface area contributed by atoms with E-state index in [9.17, 15) is 22.8 Å². The molecule has 0 aliphatic heterocycles. The number of fused-ring (bicyclic) bond motifs is 3. The van der Waals surface area contributed by atoms with Crippen molar-refractivity contribution in [3.8, 4) is 5.69 Å². The predicted octanol–water partition coefficient (Wildman–Crippen LogP) is 6.58. The highest BCUT2D eigenvalue weighted by atomic mass is 35.5. The minimum atomic E-state index is -4.60. The molecule has 5 aromatic rings. The number of para-hydroxylation sites is 1. The van der Waals surface area contributed by atoms with Crippen LogP contribution in [0.5, 0.6) is 0 Å². The lowest BCUT2D eigenvalue weighted by Crippen LogP contribution is -2.23. The molecule has 0 unspecified atom stereocenters. The highest BCUT2D eigenvalue weighted by molar-refractivity contribution is 7.99. The monoisotopic (exact) mass is 542 g/mol. The summed E-state index contributed by atoms with van der Waals surface area (Å²) in [4.78, 5) is 33.9. The first-order chi connectivity index (χ1) is 17.6. The van der Waals surface area contributed by atoms with Gasteiger partial charge < -0.3 is 10.3 Å². The minimum Gasteiger partial charge on any atom is -0.349 e. The number of aromatic nitrogens is 3. The van der Waals surface area contributed by atoms with E-state index in [1.54, 1.807) is 42.5 Å². The Kier molecular flexibility index (Phi) is 6.47. The second-order valence-corrected chi connectivity index (χ2v) is 9.63. The Hall–Kier alpha value is -3.76. The fourth-order valence-electron chi connectivity index (χ4n) is 3.89. The smallest absolute Gasteiger partial charge is 0.349 e. The third kappa shape index (κ3) is 4.94. The van der Waals surface area contributed by atoms with Gasteiger partial charge in [0.15, 0.2) is 5.16 Å². The van der Waals surface area contributed by atoms with Gasteiger partial charge in [0.1, 0.15) is 11.0 Å². The molecule has 2 heterocycles. The molecule has 11 heteroatoms. The number of alkyl halides is 3. The van der Waals surface area contributed by atoms with Gasteiger partial charge >= 0.3 is 6.18 Å². The molecule has 0 fully saturated rings. The van der Waals surface area contributed by atoms with Crippen LogP contribution in [0.15, 0.2) is 76.7 Å². The summed E-state index contributed by atoms with van der Waals surface area (Å²) >= 11 is 7.07. The zero-order valence-electron chi connectivity index (χ0n) is 19.2. The minimum absolute atomic E-state index is 0.0129. The van der Waals surface area contributed by atoms with Crippen molar-refractivity contribution in [2.24, 2.45) is 0 Å². The number of aryl methyl sites for hydroxylation is 1. The summed E-state index contributed by atoms with van der Waals surface area (Å²) in [6.45, 7) is 1.84. The topological polar surface area (TPSA) is 79.8 Å². The fraction of sp³-hybridized carbons (Fsp3) is 0.115. The highest BCUT2D eigenvalue weighted by Crippen LogP contribution is 2.32. The number of thioether (sulfide) groups is 1. The number of carbonyl (C=O) groups excluding carboxylic acids is 1. The van der Waals surface area contributed by atoms with E-state index in [1.165, 1.54) is 12.1 Å². The van der Waals surface area contributed by atoms with Crippen molar-refractivity contribution in [3.05, 3.63) is 93.2 Å². The highest BCUT2D eigenvalue weighted by Gasteiger charge is 2.31. The molecule has 2 N–H and O–H groups in total. The zero-order valence-corrected chi connectivity index (χ0v) is 20.8. The molecule has 0 saturated heterocycles. The van der Waals surface area contributed by atoms with Crippen molar-refractivity contribution >= 4 is 56.9 Å². The zero-order chi connectivity index (χ0) is 26.3. The lowest BCUT2D eigenvalue weighted by Gasteiger charge is -2.14. The van der Waals surface area contributed by atoms with Crippen LogP contribution in [-0.2, 0) is 11.0 Å². The van der Waals surface area contributed by atoms with E-state index in [2.05, 4.69) is 15.3 Å². The average Bonchev–Trinajstić information content (AvgIpc) is 3.24. The molecule has 1 amide bonds. The Morgan fingerprint density at radius 2 is 1.89 bits per heavy atom. The first-order valence-electron chi connectivity index (χ1n) is 11.0. The van der Waals surface area contributed by atoms with Gasteiger partial charge in [-0.15, -0.1) is 0 Å². The maximum absolute atomic E-state index is 13.6. The second kappa shape index (κ2) is 9.60. The van der Waals surface area contributed by atoms with E-state index in [4.69, 9.17) is 11.6 Å². The molecule has 0 saturated carbocycles. The summed E-state index contributed by atoms with van der Waals surface area (Å²) in [6.07, 6.45) is -4.60. The fourth-order valence-corrected chi connectivity index (χ4v) is 4.87. The molecule has 0 aliphatic carbocycles. The molecule has 5 rings (SSSR count). The van der Waals surface area contributed by atoms with Gasteiger partial charge in [-0.1, -0.05) is 53.7 Å². The summed E-state index contributed by atoms with van der Waals surface area (Å²) < 4.78 is 41.3. The SMILES string of the molecule is Cc1ccc(NC(=O)CSc2nc3c([nH]c4ccccc43)c(=O)n2-c2cccc(C(F)(F)F)c2)cc1Cl. The Morgan fingerprint density at radius 1 is 1.11 bits per heavy atom. The number of aromatic amines is 1. The number of rotatable bonds is 5. The summed E-state index contributed by atoms with van der Waals surface area (Å²) in [5, 5.41) is 3.99. The molecule has 0 bridgehead atoms. The third-order valence-electron chi connectivity index (χ3n) is 5.71. The van der Waals surface area contributed by atoms with E-state index in [0.29, 0.717) is 27.1 Å². The number of hydrogen-bond donors (Lipinski definition) is 2. The van der Waals surface area contributed by atoms with Gasteiger partial charge in [-0.2, -0.15) is 13.2 Å². The van der Waals surface area contributed by atoms with Gasteiger partial charge in [-0.25, -0.2) is 4.98 Å². The molecule has 37 heavy (non-hydrogen) atoms. The van der Waals surface area contributed by atoms with Crippen LogP contribution in [0.2, 0.25) is 5.02 Å². The number of carbonyl (C=O) groups is 1. The van der Waals surface area contributed by atoms with Crippen LogP contribution in [0.4, 0.5) is 18.9 Å². The van der Waals surface area contributed by atoms with Gasteiger partial charge in [0.25, 0.3) is 5.56 Å². The molecule has 0 aliphatic rings. The number of anilines is 1. The summed E-state index contributed by atoms with van der Waals surface area (Å²) in [6, 6.07) is 16.7. The second-order valence-electron chi connectivity index (χ2n) is 8.28. The van der Waals surface area contributed by atoms with Crippen LogP contribution in [0.3, 0.4) is 0 Å². The number of H-pyrrole nitrogens is 1. The molecular formula is C26H18ClF3N4O2S. The van der Waals surface area contributed by atoms with Gasteiger partial charge in [-0.3, -0.25) is 14.2 Å². The maximum atomic E-state index is 13.6. The van der Waals surface area contributed by atoms with Crippen LogP contribution in [0.1, 0.15) is 11.1 Å². The molecule has 0 radical (unpaired) electrons. The van der Waals surface area contributed by atoms with Crippen LogP contribution in [0.25, 0.3) is 27.6 Å². The van der Waals surface area contributed by atoms with E-state index in [1.807, 2.05) is 6.92 Å². The molecule has 0 spiro atoms. The molecule has 0 atom stereocenters. The standard InChI is InChI=1S/C26H18ClF3N4O2S/c1-14-9-10-16(12-19(14)27)31-21(35)13-37-25-33-22-18-7-2-3-8-20(18)32-23(22)24(36)34(25)17-6-4-5-15(11-17)26(28,29)30/h2-12,32H,13H2,1H3,(H,31,35). The van der Waals surface area contributed by atoms with E-state index in [0.717, 1.165) is 34.0 Å². The van der Waals surface area contributed by atoms with Gasteiger partial charge in [0.05, 0.1) is 17.0 Å². The van der Waals surface area contributed by atoms with Crippen molar-refractivity contribution < 1.29 is 18.0 Å². The van der Waals surface area contributed by atoms with E-state index in [-0.39, 0.29) is 22.1 Å². The number of nitrogens with zero attached hydrogens (tertiary/aromatic N) is 2. The van der Waals surface area contributed by atoms with E-state index >= 15 is 0 Å². The largest absolute Gasteiger partial charge is 0.416 e. The summed E-state index contributed by atoms with van der Waals surface area (Å²) in [7, 11) is 0. The Balaban J connectivity index is 1.57. The normalized spacial score (nSPS) is 11.8. The van der Waals surface area contributed by atoms with Gasteiger partial charge in [-0.05, 0) is 48.9 Å². The van der Waals surface area contributed by atoms with Crippen LogP contribution < -0.4 is 10.9 Å². The summed E-state index contributed by atoms with van der Waals surface area (Å²) in [5.74, 6) is -0.543. The van der Waals surface area contributed by atoms with Crippen LogP contribution in [-0.4, -0.2) is 26.2 Å². The maximum Gasteiger partial charge on any atom is 0.416 e. The molecular weight excluding hydrogens is 525 g/mol. The lowest BCUT2D eigenvalue weighted by atomic mass is 10.2. The van der Waals surface area contributed by atoms with Crippen molar-refractivity contribution in [3.63, 3.8) is 0 Å². The quantitative estimate of drug-likeness (QED) is 0.194. The number of halogens is 4. The lowest BCUT2D eigenvalue weighted by molar-refractivity contribution is -0.137. The van der Waals surface area contributed by atoms with Gasteiger partial charge in [0.2, 0.25) is 5.91 Å². The Morgan fingerprint density at radius 3 is 2.65 bits per heavy atom. The van der Waals surface area contributed by atoms with E-state index < -0.39 is 23.2 Å². The Bertz CT molecular complexity index is 1730. The van der Waals surface area contributed by atoms with Crippen molar-refractivity contribution in [1.82, 2.24) is 14.5 Å². The predicted molar refractivity (Wildman–Crippen MR) is 140 cm³/mol. The molecule has 6 nitrogen and oxygen atoms in total. The number of benzene rings is 3. The third-order valence-corrected chi connectivity index (χ3v) is 7.06. The number of hydrogen-bond acceptors (Lipinski definition) is 4. The van der Waals surface area contributed by atoms with Crippen molar-refractivity contribution in [2.45, 2.75) is 18.3 Å². The van der Waals surface area contributed by atoms with Gasteiger partial charge in [0, 0.05) is 21.6 Å². The summed E-state index contributed by atoms with van der Waals surface area (Å²) in [5.41, 5.74) is 1.05. The Labute approximate surface area is 217 Å². The van der Waals surface area contributed by atoms with Crippen molar-refractivity contribution in [2.75, 3.05) is 11.1 Å². The first kappa shape index (κ1) is 24.9. The van der Waals surface area contributed by atoms with Crippen molar-refractivity contribution in [1.29, 1.82) is 0 Å². The number of amides is 1. The molecule has 2 aromatic heterocycles. The molecule has 188 valence electrons.